The summed E-state index contributed by atoms with van der Waals surface area (Å²) < 4.78 is 10.4. The number of aromatic nitrogens is 3. The maximum atomic E-state index is 11.9. The van der Waals surface area contributed by atoms with Gasteiger partial charge >= 0.3 is 5.97 Å². The van der Waals surface area contributed by atoms with Crippen molar-refractivity contribution in [2.24, 2.45) is 0 Å². The Bertz CT molecular complexity index is 1240. The fourth-order valence-electron chi connectivity index (χ4n) is 2.69. The van der Waals surface area contributed by atoms with Crippen molar-refractivity contribution < 1.29 is 19.1 Å². The van der Waals surface area contributed by atoms with Crippen LogP contribution in [0.15, 0.2) is 64.8 Å². The van der Waals surface area contributed by atoms with Gasteiger partial charge in [-0.1, -0.05) is 24.3 Å². The number of imidazole rings is 1. The number of nitrogens with one attached hydrogen (secondary N) is 1. The molecule has 0 unspecified atom stereocenters. The largest absolute Gasteiger partial charge is 0.507 e. The highest BCUT2D eigenvalue weighted by Crippen LogP contribution is 2.19. The smallest absolute Gasteiger partial charge is 0.331 e. The van der Waals surface area contributed by atoms with Crippen molar-refractivity contribution in [1.82, 2.24) is 15.0 Å². The summed E-state index contributed by atoms with van der Waals surface area (Å²) in [4.78, 5) is 23.3. The molecule has 8 nitrogen and oxygen atoms in total. The molecule has 0 aliphatic heterocycles. The average molecular weight is 386 g/mol. The molecular formula is C21H14N4O4. The van der Waals surface area contributed by atoms with Gasteiger partial charge in [0.25, 0.3) is 0 Å². The fraction of sp³-hybridized carbons (Fsp3) is 0.0476. The first kappa shape index (κ1) is 18.0. The van der Waals surface area contributed by atoms with Crippen molar-refractivity contribution >= 4 is 39.8 Å². The van der Waals surface area contributed by atoms with E-state index in [2.05, 4.69) is 15.0 Å². The van der Waals surface area contributed by atoms with Crippen molar-refractivity contribution in [3.63, 3.8) is 0 Å². The first-order valence-corrected chi connectivity index (χ1v) is 8.62. The van der Waals surface area contributed by atoms with Gasteiger partial charge in [0.1, 0.15) is 23.8 Å². The number of allylic oxidation sites excluding steroid dienone is 1. The molecular weight excluding hydrogens is 372 g/mol. The number of hydrogen-bond donors (Lipinski definition) is 2. The maximum absolute atomic E-state index is 11.9. The van der Waals surface area contributed by atoms with E-state index in [0.29, 0.717) is 16.6 Å². The Hall–Kier alpha value is -4.38. The summed E-state index contributed by atoms with van der Waals surface area (Å²) in [7, 11) is 0. The van der Waals surface area contributed by atoms with Crippen LogP contribution in [0.4, 0.5) is 0 Å². The van der Waals surface area contributed by atoms with Gasteiger partial charge in [0.2, 0.25) is 5.89 Å². The molecule has 2 heterocycles. The number of H-pyrrole nitrogens is 1. The number of nitrogens with zero attached hydrogens (tertiary/aromatic N) is 3. The molecule has 0 saturated carbocycles. The third kappa shape index (κ3) is 3.84. The summed E-state index contributed by atoms with van der Waals surface area (Å²) >= 11 is 0. The number of rotatable bonds is 5. The number of nitriles is 1. The van der Waals surface area contributed by atoms with E-state index in [1.165, 1.54) is 6.08 Å². The highest BCUT2D eigenvalue weighted by atomic mass is 16.5. The van der Waals surface area contributed by atoms with Crippen LogP contribution in [0.2, 0.25) is 0 Å². The number of hydrogen-bond acceptors (Lipinski definition) is 7. The van der Waals surface area contributed by atoms with Gasteiger partial charge < -0.3 is 19.2 Å². The van der Waals surface area contributed by atoms with Crippen LogP contribution in [0.25, 0.3) is 33.8 Å². The van der Waals surface area contributed by atoms with E-state index in [9.17, 15) is 15.2 Å². The SMILES string of the molecule is N#C/C(=C(/O)COC(=O)/C=C/c1nc2ccccc2o1)c1nc2ccccc2[nH]1. The van der Waals surface area contributed by atoms with Crippen molar-refractivity contribution in [2.45, 2.75) is 0 Å². The Morgan fingerprint density at radius 2 is 1.93 bits per heavy atom. The molecule has 0 aliphatic carbocycles. The third-order valence-corrected chi connectivity index (χ3v) is 4.05. The summed E-state index contributed by atoms with van der Waals surface area (Å²) in [6.07, 6.45) is 2.50. The number of aromatic amines is 1. The molecule has 8 heteroatoms. The summed E-state index contributed by atoms with van der Waals surface area (Å²) in [5, 5.41) is 19.5. The zero-order valence-electron chi connectivity index (χ0n) is 15.0. The van der Waals surface area contributed by atoms with Gasteiger partial charge in [-0.05, 0) is 24.3 Å². The predicted molar refractivity (Wildman–Crippen MR) is 105 cm³/mol. The Labute approximate surface area is 164 Å². The minimum atomic E-state index is -0.722. The molecule has 0 spiro atoms. The zero-order valence-corrected chi connectivity index (χ0v) is 15.0. The molecule has 0 amide bonds. The third-order valence-electron chi connectivity index (χ3n) is 4.05. The van der Waals surface area contributed by atoms with Crippen LogP contribution in [0.3, 0.4) is 0 Å². The quantitative estimate of drug-likeness (QED) is 0.231. The number of para-hydroxylation sites is 4. The van der Waals surface area contributed by atoms with E-state index in [0.717, 1.165) is 11.6 Å². The van der Waals surface area contributed by atoms with Crippen LogP contribution in [0.1, 0.15) is 11.7 Å². The lowest BCUT2D eigenvalue weighted by atomic mass is 10.2. The summed E-state index contributed by atoms with van der Waals surface area (Å²) in [6.45, 7) is -0.476. The van der Waals surface area contributed by atoms with Gasteiger partial charge in [0, 0.05) is 12.2 Å². The number of oxazole rings is 1. The van der Waals surface area contributed by atoms with Crippen LogP contribution in [0, 0.1) is 11.3 Å². The summed E-state index contributed by atoms with van der Waals surface area (Å²) in [6, 6.07) is 16.3. The maximum Gasteiger partial charge on any atom is 0.331 e. The first-order valence-electron chi connectivity index (χ1n) is 8.62. The van der Waals surface area contributed by atoms with Crippen molar-refractivity contribution in [1.29, 1.82) is 5.26 Å². The van der Waals surface area contributed by atoms with E-state index < -0.39 is 18.3 Å². The number of aliphatic hydroxyl groups excluding tert-OH is 1. The number of aliphatic hydroxyl groups is 1. The highest BCUT2D eigenvalue weighted by molar-refractivity contribution is 5.87. The van der Waals surface area contributed by atoms with Gasteiger partial charge in [0.05, 0.1) is 11.0 Å². The second kappa shape index (κ2) is 7.70. The van der Waals surface area contributed by atoms with E-state index in [1.54, 1.807) is 24.3 Å². The molecule has 0 aliphatic rings. The second-order valence-corrected chi connectivity index (χ2v) is 6.00. The topological polar surface area (TPSA) is 125 Å². The number of esters is 1. The van der Waals surface area contributed by atoms with Crippen molar-refractivity contribution in [3.8, 4) is 6.07 Å². The monoisotopic (exact) mass is 386 g/mol. The highest BCUT2D eigenvalue weighted by Gasteiger charge is 2.14. The molecule has 29 heavy (non-hydrogen) atoms. The first-order chi connectivity index (χ1) is 14.1. The predicted octanol–water partition coefficient (Wildman–Crippen LogP) is 3.75. The van der Waals surface area contributed by atoms with E-state index in [-0.39, 0.29) is 17.3 Å². The Balaban J connectivity index is 1.44. The normalized spacial score (nSPS) is 12.2. The molecule has 4 rings (SSSR count). The lowest BCUT2D eigenvalue weighted by Crippen LogP contribution is -2.06. The van der Waals surface area contributed by atoms with Crippen LogP contribution < -0.4 is 0 Å². The molecule has 0 saturated heterocycles. The van der Waals surface area contributed by atoms with E-state index >= 15 is 0 Å². The molecule has 2 N–H and O–H groups in total. The van der Waals surface area contributed by atoms with Crippen LogP contribution >= 0.6 is 0 Å². The van der Waals surface area contributed by atoms with E-state index in [1.807, 2.05) is 30.3 Å². The molecule has 0 atom stereocenters. The lowest BCUT2D eigenvalue weighted by molar-refractivity contribution is -0.137. The second-order valence-electron chi connectivity index (χ2n) is 6.00. The molecule has 0 radical (unpaired) electrons. The number of carbonyl (C=O) groups excluding carboxylic acids is 1. The standard InChI is InChI=1S/C21H14N4O4/c22-11-13(21-24-14-5-1-2-6-15(14)25-21)17(26)12-28-20(27)10-9-19-23-16-7-3-4-8-18(16)29-19/h1-10,26H,12H2,(H,24,25)/b10-9+,17-13-. The lowest BCUT2D eigenvalue weighted by Gasteiger charge is -2.03. The molecule has 4 aromatic rings. The minimum absolute atomic E-state index is 0.100. The number of carbonyl (C=O) groups is 1. The van der Waals surface area contributed by atoms with Crippen LogP contribution in [0.5, 0.6) is 0 Å². The zero-order chi connectivity index (χ0) is 20.2. The Morgan fingerprint density at radius 1 is 1.17 bits per heavy atom. The molecule has 2 aromatic carbocycles. The fourth-order valence-corrected chi connectivity index (χ4v) is 2.69. The number of benzene rings is 2. The van der Waals surface area contributed by atoms with Crippen molar-refractivity contribution in [3.05, 3.63) is 72.1 Å². The Kier molecular flexibility index (Phi) is 4.78. The number of fused-ring (bicyclic) bond motifs is 2. The minimum Gasteiger partial charge on any atom is -0.507 e. The molecule has 2 aromatic heterocycles. The molecule has 0 bridgehead atoms. The van der Waals surface area contributed by atoms with Gasteiger partial charge in [-0.2, -0.15) is 5.26 Å². The van der Waals surface area contributed by atoms with Crippen molar-refractivity contribution in [2.75, 3.05) is 6.61 Å². The summed E-state index contributed by atoms with van der Waals surface area (Å²) in [5.41, 5.74) is 2.55. The Morgan fingerprint density at radius 3 is 2.69 bits per heavy atom. The summed E-state index contributed by atoms with van der Waals surface area (Å²) in [5.74, 6) is -0.678. The van der Waals surface area contributed by atoms with Crippen LogP contribution in [-0.2, 0) is 9.53 Å². The van der Waals surface area contributed by atoms with Gasteiger partial charge in [-0.25, -0.2) is 14.8 Å². The van der Waals surface area contributed by atoms with E-state index in [4.69, 9.17) is 9.15 Å². The van der Waals surface area contributed by atoms with Gasteiger partial charge in [0.15, 0.2) is 17.2 Å². The van der Waals surface area contributed by atoms with Crippen LogP contribution in [-0.4, -0.2) is 32.6 Å². The molecule has 0 fully saturated rings. The molecule has 142 valence electrons. The number of ether oxygens (including phenoxy) is 1. The van der Waals surface area contributed by atoms with Gasteiger partial charge in [-0.15, -0.1) is 0 Å². The van der Waals surface area contributed by atoms with Gasteiger partial charge in [-0.3, -0.25) is 0 Å². The average Bonchev–Trinajstić information content (AvgIpc) is 3.34.